The monoisotopic (exact) mass is 313 g/mol. The Bertz CT molecular complexity index is 643. The van der Waals surface area contributed by atoms with Crippen LogP contribution in [0.15, 0.2) is 36.4 Å². The molecule has 0 radical (unpaired) electrons. The highest BCUT2D eigenvalue weighted by Gasteiger charge is 2.02. The van der Waals surface area contributed by atoms with Gasteiger partial charge in [-0.15, -0.1) is 0 Å². The minimum Gasteiger partial charge on any atom is -0.311 e. The van der Waals surface area contributed by atoms with Gasteiger partial charge in [0, 0.05) is 26.9 Å². The summed E-state index contributed by atoms with van der Waals surface area (Å²) < 4.78 is 0. The normalized spacial score (nSPS) is 10.2. The maximum atomic E-state index is 11.0. The second kappa shape index (κ2) is 8.00. The van der Waals surface area contributed by atoms with E-state index in [1.165, 1.54) is 13.8 Å². The van der Waals surface area contributed by atoms with Crippen LogP contribution in [-0.2, 0) is 22.7 Å². The fourth-order valence-electron chi connectivity index (χ4n) is 1.97. The predicted octanol–water partition coefficient (Wildman–Crippen LogP) is 1.68. The number of anilines is 2. The second-order valence-electron chi connectivity index (χ2n) is 4.99. The van der Waals surface area contributed by atoms with Gasteiger partial charge in [-0.1, -0.05) is 12.1 Å². The van der Waals surface area contributed by atoms with Gasteiger partial charge in [-0.3, -0.25) is 9.59 Å². The molecule has 120 valence electrons. The highest BCUT2D eigenvalue weighted by molar-refractivity contribution is 5.87. The van der Waals surface area contributed by atoms with E-state index in [-0.39, 0.29) is 11.8 Å². The number of nitrogens with zero attached hydrogens (tertiary/aromatic N) is 2. The summed E-state index contributed by atoms with van der Waals surface area (Å²) in [4.78, 5) is 30.7. The third kappa shape index (κ3) is 5.84. The van der Waals surface area contributed by atoms with Gasteiger partial charge in [-0.05, 0) is 24.3 Å². The Morgan fingerprint density at radius 3 is 1.65 bits per heavy atom. The molecule has 23 heavy (non-hydrogen) atoms. The molecule has 0 spiro atoms. The van der Waals surface area contributed by atoms with Crippen LogP contribution in [0.3, 0.4) is 0 Å². The number of carbonyl (C=O) groups excluding carboxylic acids is 2. The molecule has 0 aromatic carbocycles. The zero-order valence-corrected chi connectivity index (χ0v) is 13.1. The molecule has 2 rings (SSSR count). The molecule has 0 saturated heterocycles. The maximum Gasteiger partial charge on any atom is 0.222 e. The standard InChI is InChI=1S/C16H19N5O2/c1-11(22)18-15-7-3-5-13(20-15)9-17-10-14-6-4-8-16(21-14)19-12(2)23/h3-8,17H,9-10H2,1-2H3,(H,18,20,22)(H,19,21,23). The molecule has 0 aliphatic heterocycles. The largest absolute Gasteiger partial charge is 0.311 e. The van der Waals surface area contributed by atoms with Gasteiger partial charge in [0.25, 0.3) is 0 Å². The molecule has 0 unspecified atom stereocenters. The summed E-state index contributed by atoms with van der Waals surface area (Å²) in [6.45, 7) is 3.97. The minimum atomic E-state index is -0.151. The summed E-state index contributed by atoms with van der Waals surface area (Å²) in [5.74, 6) is 0.758. The van der Waals surface area contributed by atoms with Crippen molar-refractivity contribution in [2.24, 2.45) is 0 Å². The molecule has 2 heterocycles. The van der Waals surface area contributed by atoms with Crippen molar-refractivity contribution in [2.75, 3.05) is 10.6 Å². The lowest BCUT2D eigenvalue weighted by atomic mass is 10.3. The topological polar surface area (TPSA) is 96.0 Å². The first-order valence-corrected chi connectivity index (χ1v) is 7.20. The maximum absolute atomic E-state index is 11.0. The van der Waals surface area contributed by atoms with Gasteiger partial charge in [0.05, 0.1) is 11.4 Å². The van der Waals surface area contributed by atoms with Gasteiger partial charge in [0.1, 0.15) is 11.6 Å². The van der Waals surface area contributed by atoms with E-state index in [2.05, 4.69) is 25.9 Å². The van der Waals surface area contributed by atoms with Crippen molar-refractivity contribution in [1.82, 2.24) is 15.3 Å². The molecule has 2 aromatic heterocycles. The molecule has 2 amide bonds. The number of pyridine rings is 2. The van der Waals surface area contributed by atoms with Gasteiger partial charge in [0.2, 0.25) is 11.8 Å². The number of hydrogen-bond donors (Lipinski definition) is 3. The number of hydrogen-bond acceptors (Lipinski definition) is 5. The zero-order valence-electron chi connectivity index (χ0n) is 13.1. The Labute approximate surface area is 134 Å². The second-order valence-corrected chi connectivity index (χ2v) is 4.99. The summed E-state index contributed by atoms with van der Waals surface area (Å²) in [6.07, 6.45) is 0. The molecule has 0 atom stereocenters. The first kappa shape index (κ1) is 16.6. The van der Waals surface area contributed by atoms with Crippen LogP contribution in [0.2, 0.25) is 0 Å². The van der Waals surface area contributed by atoms with E-state index in [4.69, 9.17) is 0 Å². The molecule has 3 N–H and O–H groups in total. The van der Waals surface area contributed by atoms with Crippen molar-refractivity contribution < 1.29 is 9.59 Å². The molecule has 7 heteroatoms. The van der Waals surface area contributed by atoms with Gasteiger partial charge in [-0.2, -0.15) is 0 Å². The van der Waals surface area contributed by atoms with E-state index in [1.54, 1.807) is 12.1 Å². The highest BCUT2D eigenvalue weighted by Crippen LogP contribution is 2.07. The molecule has 0 bridgehead atoms. The molecule has 0 fully saturated rings. The Kier molecular flexibility index (Phi) is 5.76. The Morgan fingerprint density at radius 1 is 0.826 bits per heavy atom. The fourth-order valence-corrected chi connectivity index (χ4v) is 1.97. The van der Waals surface area contributed by atoms with Crippen molar-refractivity contribution in [1.29, 1.82) is 0 Å². The summed E-state index contributed by atoms with van der Waals surface area (Å²) >= 11 is 0. The summed E-state index contributed by atoms with van der Waals surface area (Å²) in [5, 5.41) is 8.53. The van der Waals surface area contributed by atoms with Crippen LogP contribution in [0.5, 0.6) is 0 Å². The minimum absolute atomic E-state index is 0.151. The molecule has 2 aromatic rings. The molecular weight excluding hydrogens is 294 g/mol. The van der Waals surface area contributed by atoms with Crippen LogP contribution in [-0.4, -0.2) is 21.8 Å². The predicted molar refractivity (Wildman–Crippen MR) is 87.6 cm³/mol. The Morgan fingerprint density at radius 2 is 1.26 bits per heavy atom. The average Bonchev–Trinajstić information content (AvgIpc) is 2.46. The van der Waals surface area contributed by atoms with Crippen LogP contribution in [0.4, 0.5) is 11.6 Å². The van der Waals surface area contributed by atoms with Crippen molar-refractivity contribution in [3.63, 3.8) is 0 Å². The number of aromatic nitrogens is 2. The van der Waals surface area contributed by atoms with Crippen molar-refractivity contribution in [3.05, 3.63) is 47.8 Å². The van der Waals surface area contributed by atoms with Crippen molar-refractivity contribution >= 4 is 23.5 Å². The molecule has 0 aliphatic rings. The quantitative estimate of drug-likeness (QED) is 0.754. The number of rotatable bonds is 6. The van der Waals surface area contributed by atoms with E-state index in [0.29, 0.717) is 24.7 Å². The summed E-state index contributed by atoms with van der Waals surface area (Å²) in [6, 6.07) is 10.9. The molecule has 0 saturated carbocycles. The van der Waals surface area contributed by atoms with Crippen LogP contribution < -0.4 is 16.0 Å². The van der Waals surface area contributed by atoms with E-state index >= 15 is 0 Å². The van der Waals surface area contributed by atoms with Crippen molar-refractivity contribution in [3.8, 4) is 0 Å². The first-order valence-electron chi connectivity index (χ1n) is 7.20. The van der Waals surface area contributed by atoms with Crippen LogP contribution in [0.25, 0.3) is 0 Å². The van der Waals surface area contributed by atoms with Crippen LogP contribution in [0, 0.1) is 0 Å². The molecule has 0 aliphatic carbocycles. The number of carbonyl (C=O) groups is 2. The van der Waals surface area contributed by atoms with Crippen LogP contribution >= 0.6 is 0 Å². The highest BCUT2D eigenvalue weighted by atomic mass is 16.2. The smallest absolute Gasteiger partial charge is 0.222 e. The van der Waals surface area contributed by atoms with E-state index in [1.807, 2.05) is 24.3 Å². The van der Waals surface area contributed by atoms with E-state index in [9.17, 15) is 9.59 Å². The van der Waals surface area contributed by atoms with Crippen molar-refractivity contribution in [2.45, 2.75) is 26.9 Å². The molecule has 7 nitrogen and oxygen atoms in total. The Balaban J connectivity index is 1.89. The average molecular weight is 313 g/mol. The summed E-state index contributed by atoms with van der Waals surface area (Å²) in [7, 11) is 0. The van der Waals surface area contributed by atoms with Gasteiger partial charge < -0.3 is 16.0 Å². The van der Waals surface area contributed by atoms with Crippen LogP contribution in [0.1, 0.15) is 25.2 Å². The Hall–Kier alpha value is -2.80. The lowest BCUT2D eigenvalue weighted by Gasteiger charge is -2.07. The number of amides is 2. The third-order valence-corrected chi connectivity index (χ3v) is 2.83. The van der Waals surface area contributed by atoms with E-state index < -0.39 is 0 Å². The SMILES string of the molecule is CC(=O)Nc1cccc(CNCc2cccc(NC(C)=O)n2)n1. The lowest BCUT2D eigenvalue weighted by Crippen LogP contribution is -2.16. The summed E-state index contributed by atoms with van der Waals surface area (Å²) in [5.41, 5.74) is 1.63. The zero-order chi connectivity index (χ0) is 16.7. The lowest BCUT2D eigenvalue weighted by molar-refractivity contribution is -0.115. The van der Waals surface area contributed by atoms with Gasteiger partial charge in [0.15, 0.2) is 0 Å². The van der Waals surface area contributed by atoms with Gasteiger partial charge >= 0.3 is 0 Å². The number of nitrogens with one attached hydrogen (secondary N) is 3. The first-order chi connectivity index (χ1) is 11.0. The van der Waals surface area contributed by atoms with Gasteiger partial charge in [-0.25, -0.2) is 9.97 Å². The van der Waals surface area contributed by atoms with E-state index in [0.717, 1.165) is 11.4 Å². The fraction of sp³-hybridized carbons (Fsp3) is 0.250. The molecular formula is C16H19N5O2. The third-order valence-electron chi connectivity index (χ3n) is 2.83.